The Hall–Kier alpha value is -1.29. The van der Waals surface area contributed by atoms with Crippen molar-refractivity contribution in [1.29, 1.82) is 0 Å². The Morgan fingerprint density at radius 2 is 2.00 bits per heavy atom. The second-order valence-corrected chi connectivity index (χ2v) is 7.05. The molecule has 2 aromatic rings. The minimum Gasteiger partial charge on any atom is -0.359 e. The molecule has 0 aliphatic heterocycles. The molecule has 0 atom stereocenters. The van der Waals surface area contributed by atoms with E-state index in [9.17, 15) is 4.39 Å². The van der Waals surface area contributed by atoms with Crippen molar-refractivity contribution < 1.29 is 8.91 Å². The zero-order valence-electron chi connectivity index (χ0n) is 15.3. The standard InChI is InChI=1S/C18H25FN4OS.HI/c1-13(2)17-11-15(24-23-17)12-22-18(20-3)21-9-4-10-25-16-7-5-14(19)6-8-16;/h5-8,11,13H,4,9-10,12H2,1-3H3,(H2,20,21,22);1H. The summed E-state index contributed by atoms with van der Waals surface area (Å²) >= 11 is 1.71. The molecule has 1 aromatic heterocycles. The number of thioether (sulfide) groups is 1. The number of rotatable bonds is 8. The molecule has 2 N–H and O–H groups in total. The van der Waals surface area contributed by atoms with Gasteiger partial charge in [-0.1, -0.05) is 19.0 Å². The van der Waals surface area contributed by atoms with Gasteiger partial charge in [-0.05, 0) is 42.4 Å². The molecular weight excluding hydrogens is 466 g/mol. The number of nitrogens with zero attached hydrogens (tertiary/aromatic N) is 2. The third-order valence-corrected chi connectivity index (χ3v) is 4.62. The number of nitrogens with one attached hydrogen (secondary N) is 2. The molecular formula is C18H26FIN4OS. The van der Waals surface area contributed by atoms with Crippen LogP contribution >= 0.6 is 35.7 Å². The number of hydrogen-bond acceptors (Lipinski definition) is 4. The van der Waals surface area contributed by atoms with Gasteiger partial charge in [-0.2, -0.15) is 0 Å². The maximum atomic E-state index is 12.8. The fourth-order valence-corrected chi connectivity index (χ4v) is 2.93. The summed E-state index contributed by atoms with van der Waals surface area (Å²) in [6.07, 6.45) is 0.975. The van der Waals surface area contributed by atoms with Gasteiger partial charge in [0.15, 0.2) is 11.7 Å². The molecule has 0 spiro atoms. The van der Waals surface area contributed by atoms with E-state index in [0.29, 0.717) is 12.5 Å². The van der Waals surface area contributed by atoms with Crippen LogP contribution in [0.4, 0.5) is 4.39 Å². The van der Waals surface area contributed by atoms with Crippen molar-refractivity contribution in [2.45, 2.75) is 37.6 Å². The first kappa shape index (κ1) is 22.8. The maximum Gasteiger partial charge on any atom is 0.191 e. The molecule has 0 radical (unpaired) electrons. The van der Waals surface area contributed by atoms with Crippen molar-refractivity contribution in [2.75, 3.05) is 19.3 Å². The summed E-state index contributed by atoms with van der Waals surface area (Å²) in [6, 6.07) is 8.54. The average Bonchev–Trinajstić information content (AvgIpc) is 3.08. The number of halogens is 2. The van der Waals surface area contributed by atoms with Gasteiger partial charge in [0.25, 0.3) is 0 Å². The van der Waals surface area contributed by atoms with Crippen molar-refractivity contribution in [3.05, 3.63) is 47.6 Å². The lowest BCUT2D eigenvalue weighted by molar-refractivity contribution is 0.372. The van der Waals surface area contributed by atoms with Crippen LogP contribution in [-0.4, -0.2) is 30.5 Å². The molecule has 5 nitrogen and oxygen atoms in total. The third kappa shape index (κ3) is 7.94. The van der Waals surface area contributed by atoms with Crippen molar-refractivity contribution in [3.63, 3.8) is 0 Å². The molecule has 0 aliphatic carbocycles. The van der Waals surface area contributed by atoms with Crippen LogP contribution in [0.2, 0.25) is 0 Å². The van der Waals surface area contributed by atoms with E-state index in [1.165, 1.54) is 12.1 Å². The van der Waals surface area contributed by atoms with E-state index < -0.39 is 0 Å². The monoisotopic (exact) mass is 492 g/mol. The lowest BCUT2D eigenvalue weighted by Gasteiger charge is -2.10. The Morgan fingerprint density at radius 1 is 1.27 bits per heavy atom. The molecule has 144 valence electrons. The lowest BCUT2D eigenvalue weighted by Crippen LogP contribution is -2.37. The van der Waals surface area contributed by atoms with E-state index in [0.717, 1.165) is 41.0 Å². The summed E-state index contributed by atoms with van der Waals surface area (Å²) in [4.78, 5) is 5.27. The van der Waals surface area contributed by atoms with Gasteiger partial charge >= 0.3 is 0 Å². The SMILES string of the molecule is CN=C(NCCCSc1ccc(F)cc1)NCc1cc(C(C)C)no1.I. The summed E-state index contributed by atoms with van der Waals surface area (Å²) in [5.74, 6) is 2.63. The van der Waals surface area contributed by atoms with Gasteiger partial charge in [0, 0.05) is 24.6 Å². The van der Waals surface area contributed by atoms with E-state index in [1.54, 1.807) is 30.9 Å². The summed E-state index contributed by atoms with van der Waals surface area (Å²) in [6.45, 7) is 5.52. The van der Waals surface area contributed by atoms with Gasteiger partial charge in [-0.25, -0.2) is 4.39 Å². The normalized spacial score (nSPS) is 11.3. The smallest absolute Gasteiger partial charge is 0.191 e. The van der Waals surface area contributed by atoms with Crippen LogP contribution in [0.3, 0.4) is 0 Å². The Labute approximate surface area is 175 Å². The first-order chi connectivity index (χ1) is 12.1. The van der Waals surface area contributed by atoms with Gasteiger partial charge < -0.3 is 15.2 Å². The van der Waals surface area contributed by atoms with Gasteiger partial charge in [0.05, 0.1) is 12.2 Å². The molecule has 1 heterocycles. The molecule has 1 aromatic carbocycles. The molecule has 0 unspecified atom stereocenters. The molecule has 0 aliphatic rings. The molecule has 0 saturated carbocycles. The largest absolute Gasteiger partial charge is 0.359 e. The Balaban J connectivity index is 0.00000338. The first-order valence-corrected chi connectivity index (χ1v) is 9.35. The second kappa shape index (κ2) is 12.2. The molecule has 8 heteroatoms. The Bertz CT molecular complexity index is 676. The van der Waals surface area contributed by atoms with Crippen molar-refractivity contribution in [2.24, 2.45) is 4.99 Å². The topological polar surface area (TPSA) is 62.5 Å². The van der Waals surface area contributed by atoms with Gasteiger partial charge in [0.2, 0.25) is 0 Å². The minimum absolute atomic E-state index is 0. The number of aromatic nitrogens is 1. The van der Waals surface area contributed by atoms with Crippen molar-refractivity contribution in [1.82, 2.24) is 15.8 Å². The van der Waals surface area contributed by atoms with Gasteiger partial charge in [-0.15, -0.1) is 35.7 Å². The van der Waals surface area contributed by atoms with Crippen LogP contribution in [0.25, 0.3) is 0 Å². The Morgan fingerprint density at radius 3 is 2.62 bits per heavy atom. The van der Waals surface area contributed by atoms with Crippen molar-refractivity contribution in [3.8, 4) is 0 Å². The fourth-order valence-electron chi connectivity index (χ4n) is 2.08. The summed E-state index contributed by atoms with van der Waals surface area (Å²) in [5.41, 5.74) is 0.956. The van der Waals surface area contributed by atoms with E-state index >= 15 is 0 Å². The molecule has 2 rings (SSSR count). The fraction of sp³-hybridized carbons (Fsp3) is 0.444. The van der Waals surface area contributed by atoms with Crippen LogP contribution in [0.5, 0.6) is 0 Å². The summed E-state index contributed by atoms with van der Waals surface area (Å²) in [7, 11) is 1.74. The molecule has 26 heavy (non-hydrogen) atoms. The van der Waals surface area contributed by atoms with E-state index in [-0.39, 0.29) is 29.8 Å². The van der Waals surface area contributed by atoms with Gasteiger partial charge in [0.1, 0.15) is 5.82 Å². The highest BCUT2D eigenvalue weighted by atomic mass is 127. The number of aliphatic imine (C=N–C) groups is 1. The first-order valence-electron chi connectivity index (χ1n) is 8.37. The van der Waals surface area contributed by atoms with Crippen LogP contribution < -0.4 is 10.6 Å². The highest BCUT2D eigenvalue weighted by Crippen LogP contribution is 2.18. The maximum absolute atomic E-state index is 12.8. The second-order valence-electron chi connectivity index (χ2n) is 5.88. The number of guanidine groups is 1. The van der Waals surface area contributed by atoms with E-state index in [1.807, 2.05) is 6.07 Å². The highest BCUT2D eigenvalue weighted by Gasteiger charge is 2.08. The number of hydrogen-bond donors (Lipinski definition) is 2. The molecule has 0 amide bonds. The number of benzene rings is 1. The predicted octanol–water partition coefficient (Wildman–Crippen LogP) is 4.40. The highest BCUT2D eigenvalue weighted by molar-refractivity contribution is 14.0. The molecule has 0 saturated heterocycles. The van der Waals surface area contributed by atoms with Crippen LogP contribution in [0, 0.1) is 5.82 Å². The molecule has 0 fully saturated rings. The van der Waals surface area contributed by atoms with Crippen molar-refractivity contribution >= 4 is 41.7 Å². The molecule has 0 bridgehead atoms. The zero-order chi connectivity index (χ0) is 18.1. The summed E-state index contributed by atoms with van der Waals surface area (Å²) < 4.78 is 18.1. The predicted molar refractivity (Wildman–Crippen MR) is 116 cm³/mol. The average molecular weight is 492 g/mol. The van der Waals surface area contributed by atoms with Crippen LogP contribution in [0.15, 0.2) is 44.7 Å². The Kier molecular flexibility index (Phi) is 10.6. The summed E-state index contributed by atoms with van der Waals surface area (Å²) in [5, 5.41) is 10.5. The van der Waals surface area contributed by atoms with Gasteiger partial charge in [-0.3, -0.25) is 4.99 Å². The zero-order valence-corrected chi connectivity index (χ0v) is 18.4. The van der Waals surface area contributed by atoms with E-state index in [4.69, 9.17) is 4.52 Å². The van der Waals surface area contributed by atoms with E-state index in [2.05, 4.69) is 34.6 Å². The quantitative estimate of drug-likeness (QED) is 0.188. The lowest BCUT2D eigenvalue weighted by atomic mass is 10.1. The van der Waals surface area contributed by atoms with Crippen LogP contribution in [0.1, 0.15) is 37.6 Å². The van der Waals surface area contributed by atoms with Crippen LogP contribution in [-0.2, 0) is 6.54 Å². The third-order valence-electron chi connectivity index (χ3n) is 3.52. The minimum atomic E-state index is -0.201.